The number of carboxylic acid groups (broad SMARTS) is 1. The molecule has 0 aromatic carbocycles. The molecule has 0 saturated carbocycles. The molecule has 12 heteroatoms. The first-order chi connectivity index (χ1) is 9.89. The molecule has 0 radical (unpaired) electrons. The average molecular weight is 333 g/mol. The summed E-state index contributed by atoms with van der Waals surface area (Å²) in [6.07, 6.45) is -10.5. The molecule has 0 aromatic heterocycles. The predicted molar refractivity (Wildman–Crippen MR) is 60.9 cm³/mol. The molecular formula is C10H9F6N3O3. The van der Waals surface area contributed by atoms with E-state index in [9.17, 15) is 35.9 Å². The van der Waals surface area contributed by atoms with Gasteiger partial charge in [0.1, 0.15) is 12.4 Å². The van der Waals surface area contributed by atoms with Gasteiger partial charge in [0.2, 0.25) is 5.78 Å². The molecular weight excluding hydrogens is 324 g/mol. The molecule has 6 nitrogen and oxygen atoms in total. The molecule has 1 heterocycles. The van der Waals surface area contributed by atoms with E-state index < -0.39 is 48.7 Å². The molecule has 124 valence electrons. The van der Waals surface area contributed by atoms with Crippen LogP contribution in [0.3, 0.4) is 0 Å². The Labute approximate surface area is 118 Å². The molecule has 1 rings (SSSR count). The maximum atomic E-state index is 13.0. The Balaban J connectivity index is 2.85. The number of hydrogen-bond acceptors (Lipinski definition) is 5. The van der Waals surface area contributed by atoms with Crippen LogP contribution in [0.4, 0.5) is 26.3 Å². The van der Waals surface area contributed by atoms with Crippen molar-refractivity contribution in [2.45, 2.75) is 30.4 Å². The number of aliphatic carboxylic acids is 1. The van der Waals surface area contributed by atoms with Crippen LogP contribution in [0.15, 0.2) is 9.98 Å². The van der Waals surface area contributed by atoms with Gasteiger partial charge in [0, 0.05) is 12.6 Å². The van der Waals surface area contributed by atoms with Crippen LogP contribution >= 0.6 is 0 Å². The van der Waals surface area contributed by atoms with Gasteiger partial charge in [-0.3, -0.25) is 19.9 Å². The van der Waals surface area contributed by atoms with E-state index in [1.807, 2.05) is 0 Å². The number of nitrogens with one attached hydrogen (secondary N) is 1. The summed E-state index contributed by atoms with van der Waals surface area (Å²) < 4.78 is 74.9. The van der Waals surface area contributed by atoms with Gasteiger partial charge in [-0.25, -0.2) is 4.99 Å². The summed E-state index contributed by atoms with van der Waals surface area (Å²) in [5.41, 5.74) is -2.95. The summed E-state index contributed by atoms with van der Waals surface area (Å²) >= 11 is 0. The minimum absolute atomic E-state index is 0.357. The lowest BCUT2D eigenvalue weighted by atomic mass is 9.92. The number of Topliss-reactive ketones (excluding diaryl/α,β-unsaturated/α-hetero) is 1. The minimum atomic E-state index is -5.22. The van der Waals surface area contributed by atoms with Crippen molar-refractivity contribution in [3.8, 4) is 0 Å². The average Bonchev–Trinajstić information content (AvgIpc) is 2.81. The summed E-state index contributed by atoms with van der Waals surface area (Å²) in [5, 5.41) is 10.5. The van der Waals surface area contributed by atoms with E-state index in [4.69, 9.17) is 5.11 Å². The number of carbonyl (C=O) groups is 2. The molecule has 0 saturated heterocycles. The van der Waals surface area contributed by atoms with Crippen molar-refractivity contribution in [2.75, 3.05) is 6.54 Å². The fourth-order valence-electron chi connectivity index (χ4n) is 1.57. The third-order valence-corrected chi connectivity index (χ3v) is 2.77. The number of carbonyl (C=O) groups excluding carboxylic acids is 1. The third-order valence-electron chi connectivity index (χ3n) is 2.77. The van der Waals surface area contributed by atoms with Crippen molar-refractivity contribution in [1.82, 2.24) is 5.32 Å². The topological polar surface area (TPSA) is 91.1 Å². The standard InChI is InChI=1S/C10H9F6N3O3/c11-9(12,13)6(20)2-18-5(7(21)22)1-8(10(14,15)16)3-17-4-19-8/h3-5,18H,1-2H2,(H,21,22). The first-order valence-electron chi connectivity index (χ1n) is 5.60. The van der Waals surface area contributed by atoms with Gasteiger partial charge in [-0.15, -0.1) is 0 Å². The molecule has 0 bridgehead atoms. The highest BCUT2D eigenvalue weighted by Crippen LogP contribution is 2.37. The first kappa shape index (κ1) is 18.1. The molecule has 0 aliphatic carbocycles. The van der Waals surface area contributed by atoms with Crippen molar-refractivity contribution < 1.29 is 41.0 Å². The maximum absolute atomic E-state index is 13.0. The number of alkyl halides is 6. The Morgan fingerprint density at radius 2 is 1.82 bits per heavy atom. The van der Waals surface area contributed by atoms with Crippen molar-refractivity contribution in [1.29, 1.82) is 0 Å². The van der Waals surface area contributed by atoms with Crippen LogP contribution in [0.25, 0.3) is 0 Å². The SMILES string of the molecule is O=C(O)C(CC1(C(F)(F)F)C=NC=N1)NCC(=O)C(F)(F)F. The Bertz CT molecular complexity index is 499. The fourth-order valence-corrected chi connectivity index (χ4v) is 1.57. The molecule has 0 amide bonds. The van der Waals surface area contributed by atoms with Crippen LogP contribution in [-0.2, 0) is 9.59 Å². The lowest BCUT2D eigenvalue weighted by Gasteiger charge is -2.28. The predicted octanol–water partition coefficient (Wildman–Crippen LogP) is 0.965. The number of aliphatic imine (C=N–C) groups is 2. The van der Waals surface area contributed by atoms with Crippen LogP contribution in [-0.4, -0.2) is 59.9 Å². The third kappa shape index (κ3) is 4.02. The number of ketones is 1. The van der Waals surface area contributed by atoms with E-state index in [1.165, 1.54) is 0 Å². The van der Waals surface area contributed by atoms with Gasteiger partial charge >= 0.3 is 18.3 Å². The number of nitrogens with zero attached hydrogens (tertiary/aromatic N) is 2. The molecule has 2 atom stereocenters. The molecule has 2 N–H and O–H groups in total. The van der Waals surface area contributed by atoms with Gasteiger partial charge in [0.05, 0.1) is 6.54 Å². The summed E-state index contributed by atoms with van der Waals surface area (Å²) in [6, 6.07) is -2.07. The van der Waals surface area contributed by atoms with Gasteiger partial charge in [0.15, 0.2) is 5.54 Å². The Hall–Kier alpha value is -1.98. The zero-order valence-corrected chi connectivity index (χ0v) is 10.6. The zero-order chi connectivity index (χ0) is 17.2. The second kappa shape index (κ2) is 6.02. The van der Waals surface area contributed by atoms with E-state index in [0.29, 0.717) is 12.6 Å². The molecule has 0 aromatic rings. The van der Waals surface area contributed by atoms with E-state index >= 15 is 0 Å². The molecule has 1 aliphatic rings. The van der Waals surface area contributed by atoms with Gasteiger partial charge in [-0.05, 0) is 0 Å². The molecule has 22 heavy (non-hydrogen) atoms. The smallest absolute Gasteiger partial charge is 0.451 e. The monoisotopic (exact) mass is 333 g/mol. The Kier molecular flexibility index (Phi) is 4.95. The minimum Gasteiger partial charge on any atom is -0.480 e. The molecule has 0 spiro atoms. The van der Waals surface area contributed by atoms with Crippen molar-refractivity contribution in [2.24, 2.45) is 9.98 Å². The van der Waals surface area contributed by atoms with Gasteiger partial charge in [-0.1, -0.05) is 0 Å². The highest BCUT2D eigenvalue weighted by molar-refractivity contribution is 5.89. The van der Waals surface area contributed by atoms with E-state index in [0.717, 1.165) is 0 Å². The highest BCUT2D eigenvalue weighted by Gasteiger charge is 2.56. The number of hydrogen-bond donors (Lipinski definition) is 2. The van der Waals surface area contributed by atoms with Crippen LogP contribution in [0.5, 0.6) is 0 Å². The number of halogens is 6. The number of carboxylic acids is 1. The quantitative estimate of drug-likeness (QED) is 0.709. The van der Waals surface area contributed by atoms with Gasteiger partial charge < -0.3 is 5.11 Å². The number of rotatable bonds is 6. The normalized spacial score (nSPS) is 22.8. The molecule has 2 unspecified atom stereocenters. The van der Waals surface area contributed by atoms with Gasteiger partial charge in [0.25, 0.3) is 0 Å². The van der Waals surface area contributed by atoms with Crippen molar-refractivity contribution in [3.63, 3.8) is 0 Å². The van der Waals surface area contributed by atoms with Crippen molar-refractivity contribution >= 4 is 24.3 Å². The van der Waals surface area contributed by atoms with E-state index in [-0.39, 0.29) is 0 Å². The summed E-state index contributed by atoms with van der Waals surface area (Å²) in [5.74, 6) is -4.16. The zero-order valence-electron chi connectivity index (χ0n) is 10.6. The Morgan fingerprint density at radius 1 is 1.23 bits per heavy atom. The highest BCUT2D eigenvalue weighted by atomic mass is 19.4. The van der Waals surface area contributed by atoms with Crippen molar-refractivity contribution in [3.05, 3.63) is 0 Å². The fraction of sp³-hybridized carbons (Fsp3) is 0.600. The lowest BCUT2D eigenvalue weighted by molar-refractivity contribution is -0.171. The maximum Gasteiger partial charge on any atom is 0.451 e. The second-order valence-corrected chi connectivity index (χ2v) is 4.34. The lowest BCUT2D eigenvalue weighted by Crippen LogP contribution is -2.52. The van der Waals surface area contributed by atoms with Crippen LogP contribution < -0.4 is 5.32 Å². The van der Waals surface area contributed by atoms with Gasteiger partial charge in [-0.2, -0.15) is 26.3 Å². The summed E-state index contributed by atoms with van der Waals surface area (Å²) in [6.45, 7) is -1.46. The summed E-state index contributed by atoms with van der Waals surface area (Å²) in [7, 11) is 0. The molecule has 1 aliphatic heterocycles. The van der Waals surface area contributed by atoms with Crippen LogP contribution in [0.2, 0.25) is 0 Å². The Morgan fingerprint density at radius 3 is 2.18 bits per heavy atom. The largest absolute Gasteiger partial charge is 0.480 e. The van der Waals surface area contributed by atoms with E-state index in [2.05, 4.69) is 9.98 Å². The van der Waals surface area contributed by atoms with E-state index in [1.54, 1.807) is 5.32 Å². The second-order valence-electron chi connectivity index (χ2n) is 4.34. The molecule has 0 fully saturated rings. The van der Waals surface area contributed by atoms with Crippen LogP contribution in [0.1, 0.15) is 6.42 Å². The first-order valence-corrected chi connectivity index (χ1v) is 5.60. The summed E-state index contributed by atoms with van der Waals surface area (Å²) in [4.78, 5) is 27.7. The van der Waals surface area contributed by atoms with Crippen LogP contribution in [0, 0.1) is 0 Å².